The lowest BCUT2D eigenvalue weighted by Crippen LogP contribution is -2.02. The number of furan rings is 1. The van der Waals surface area contributed by atoms with Crippen LogP contribution in [0.4, 0.5) is 0 Å². The summed E-state index contributed by atoms with van der Waals surface area (Å²) < 4.78 is 14.1. The Morgan fingerprint density at radius 2 is 0.895 bits per heavy atom. The summed E-state index contributed by atoms with van der Waals surface area (Å²) in [6.07, 6.45) is 1.99. The van der Waals surface area contributed by atoms with E-state index >= 15 is 0 Å². The Labute approximate surface area is 438 Å². The minimum atomic E-state index is 0.537. The van der Waals surface area contributed by atoms with Crippen LogP contribution in [0, 0.1) is 0 Å². The zero-order valence-electron chi connectivity index (χ0n) is 40.6. The van der Waals surface area contributed by atoms with Gasteiger partial charge < -0.3 is 13.6 Å². The van der Waals surface area contributed by atoms with E-state index in [0.29, 0.717) is 17.5 Å². The molecule has 8 heteroatoms. The summed E-state index contributed by atoms with van der Waals surface area (Å²) in [6.45, 7) is 0. The van der Waals surface area contributed by atoms with Crippen molar-refractivity contribution in [3.63, 3.8) is 0 Å². The highest BCUT2D eigenvalue weighted by atomic mass is 32.1. The molecule has 7 nitrogen and oxygen atoms in total. The average molecular weight is 989 g/mol. The third-order valence-electron chi connectivity index (χ3n) is 15.0. The molecule has 16 aromatic rings. The van der Waals surface area contributed by atoms with E-state index in [0.717, 1.165) is 94.2 Å². The maximum Gasteiger partial charge on any atom is 0.166 e. The van der Waals surface area contributed by atoms with Crippen molar-refractivity contribution in [2.24, 2.45) is 0 Å². The van der Waals surface area contributed by atoms with Crippen molar-refractivity contribution in [3.05, 3.63) is 243 Å². The van der Waals surface area contributed by atoms with Crippen LogP contribution < -0.4 is 0 Å². The molecule has 0 fully saturated rings. The first-order chi connectivity index (χ1) is 37.7. The van der Waals surface area contributed by atoms with Gasteiger partial charge in [-0.15, -0.1) is 11.3 Å². The van der Waals surface area contributed by atoms with Gasteiger partial charge in [-0.3, -0.25) is 4.98 Å². The molecule has 0 atom stereocenters. The number of fused-ring (bicyclic) bond motifs is 14. The van der Waals surface area contributed by atoms with Crippen molar-refractivity contribution >= 4 is 97.1 Å². The Morgan fingerprint density at radius 1 is 0.355 bits per heavy atom. The van der Waals surface area contributed by atoms with Crippen LogP contribution in [0.25, 0.3) is 154 Å². The van der Waals surface area contributed by atoms with Gasteiger partial charge in [0, 0.05) is 92.5 Å². The minimum absolute atomic E-state index is 0.537. The number of para-hydroxylation sites is 4. The Kier molecular flexibility index (Phi) is 9.37. The van der Waals surface area contributed by atoms with Gasteiger partial charge in [0.05, 0.1) is 33.1 Å². The summed E-state index contributed by atoms with van der Waals surface area (Å²) in [5.41, 5.74) is 14.8. The zero-order valence-corrected chi connectivity index (χ0v) is 41.4. The molecule has 76 heavy (non-hydrogen) atoms. The molecule has 0 N–H and O–H groups in total. The topological polar surface area (TPSA) is 74.6 Å². The van der Waals surface area contributed by atoms with Crippen LogP contribution in [0.5, 0.6) is 0 Å². The summed E-state index contributed by atoms with van der Waals surface area (Å²) in [5.74, 6) is 1.71. The molecule has 0 amide bonds. The van der Waals surface area contributed by atoms with E-state index in [1.165, 1.54) is 42.0 Å². The van der Waals surface area contributed by atoms with Gasteiger partial charge in [0.25, 0.3) is 0 Å². The van der Waals surface area contributed by atoms with Gasteiger partial charge in [0.2, 0.25) is 0 Å². The lowest BCUT2D eigenvalue weighted by atomic mass is 9.97. The zero-order chi connectivity index (χ0) is 49.8. The fourth-order valence-electron chi connectivity index (χ4n) is 11.6. The number of nitrogens with zero attached hydrogens (tertiary/aromatic N) is 6. The van der Waals surface area contributed by atoms with Gasteiger partial charge >= 0.3 is 0 Å². The SMILES string of the molecule is c1ccc(-c2nc(-c3ccccc3)nc(-c3cc(-c4ccc5oc6c(ccc7c6c6ccccc6n7-c6ccccc6)c5c4)cnc3-c3ccc4sc5c(ccc6c5c5ccccc5n6-c5ccccc5)c4c3)n2)cc1. The lowest BCUT2D eigenvalue weighted by Gasteiger charge is -2.13. The molecule has 354 valence electrons. The molecule has 16 rings (SSSR count). The van der Waals surface area contributed by atoms with Crippen LogP contribution >= 0.6 is 11.3 Å². The molecule has 0 bridgehead atoms. The van der Waals surface area contributed by atoms with Crippen LogP contribution in [0.2, 0.25) is 0 Å². The molecule has 0 saturated heterocycles. The van der Waals surface area contributed by atoms with Gasteiger partial charge in [-0.1, -0.05) is 152 Å². The van der Waals surface area contributed by atoms with Crippen molar-refractivity contribution in [2.75, 3.05) is 0 Å². The molecule has 0 aliphatic rings. The van der Waals surface area contributed by atoms with E-state index in [2.05, 4.69) is 185 Å². The fraction of sp³-hybridized carbons (Fsp3) is 0. The number of aromatic nitrogens is 6. The minimum Gasteiger partial charge on any atom is -0.455 e. The summed E-state index contributed by atoms with van der Waals surface area (Å²) in [6, 6.07) is 83.2. The molecular formula is C68H40N6OS. The molecule has 6 aromatic heterocycles. The Hall–Kier alpha value is -10.0. The number of hydrogen-bond donors (Lipinski definition) is 0. The number of thiophene rings is 1. The second kappa shape index (κ2) is 16.8. The average Bonchev–Trinajstić information content (AvgIpc) is 4.30. The maximum absolute atomic E-state index is 6.86. The number of benzene rings is 10. The number of hydrogen-bond acceptors (Lipinski definition) is 6. The fourth-order valence-corrected chi connectivity index (χ4v) is 12.8. The molecule has 0 radical (unpaired) electrons. The van der Waals surface area contributed by atoms with Gasteiger partial charge in [-0.05, 0) is 90.5 Å². The van der Waals surface area contributed by atoms with Crippen LogP contribution in [0.3, 0.4) is 0 Å². The van der Waals surface area contributed by atoms with Crippen LogP contribution in [0.1, 0.15) is 0 Å². The summed E-state index contributed by atoms with van der Waals surface area (Å²) >= 11 is 1.85. The second-order valence-electron chi connectivity index (χ2n) is 19.3. The first kappa shape index (κ1) is 42.5. The summed E-state index contributed by atoms with van der Waals surface area (Å²) in [5, 5.41) is 9.23. The van der Waals surface area contributed by atoms with Gasteiger partial charge in [-0.25, -0.2) is 15.0 Å². The molecule has 0 saturated carbocycles. The van der Waals surface area contributed by atoms with Crippen LogP contribution in [-0.2, 0) is 0 Å². The largest absolute Gasteiger partial charge is 0.455 e. The van der Waals surface area contributed by atoms with Crippen molar-refractivity contribution in [3.8, 4) is 67.9 Å². The molecule has 6 heterocycles. The molecular weight excluding hydrogens is 949 g/mol. The predicted octanol–water partition coefficient (Wildman–Crippen LogP) is 18.1. The normalized spacial score (nSPS) is 11.9. The predicted molar refractivity (Wildman–Crippen MR) is 314 cm³/mol. The molecule has 10 aromatic carbocycles. The highest BCUT2D eigenvalue weighted by molar-refractivity contribution is 7.26. The molecule has 0 unspecified atom stereocenters. The van der Waals surface area contributed by atoms with Crippen molar-refractivity contribution in [1.29, 1.82) is 0 Å². The van der Waals surface area contributed by atoms with Crippen LogP contribution in [0.15, 0.2) is 247 Å². The summed E-state index contributed by atoms with van der Waals surface area (Å²) in [4.78, 5) is 21.1. The van der Waals surface area contributed by atoms with Gasteiger partial charge in [0.1, 0.15) is 11.2 Å². The Bertz CT molecular complexity index is 4920. The van der Waals surface area contributed by atoms with Crippen LogP contribution in [-0.4, -0.2) is 29.1 Å². The van der Waals surface area contributed by atoms with E-state index in [1.54, 1.807) is 0 Å². The molecule has 0 spiro atoms. The first-order valence-corrected chi connectivity index (χ1v) is 26.3. The lowest BCUT2D eigenvalue weighted by molar-refractivity contribution is 0.673. The third-order valence-corrected chi connectivity index (χ3v) is 16.2. The number of pyridine rings is 1. The van der Waals surface area contributed by atoms with Gasteiger partial charge in [-0.2, -0.15) is 0 Å². The van der Waals surface area contributed by atoms with Gasteiger partial charge in [0.15, 0.2) is 17.5 Å². The molecule has 0 aliphatic heterocycles. The molecule has 0 aliphatic carbocycles. The highest BCUT2D eigenvalue weighted by Crippen LogP contribution is 2.46. The van der Waals surface area contributed by atoms with Crippen molar-refractivity contribution < 1.29 is 4.42 Å². The van der Waals surface area contributed by atoms with E-state index in [4.69, 9.17) is 24.4 Å². The van der Waals surface area contributed by atoms with E-state index in [9.17, 15) is 0 Å². The Balaban J connectivity index is 0.901. The third kappa shape index (κ3) is 6.54. The van der Waals surface area contributed by atoms with Crippen molar-refractivity contribution in [1.82, 2.24) is 29.1 Å². The second-order valence-corrected chi connectivity index (χ2v) is 20.4. The highest BCUT2D eigenvalue weighted by Gasteiger charge is 2.23. The standard InChI is InChI=1S/C68H40N6OS/c1-5-17-41(18-6-1)66-70-67(42-19-7-2-8-20-42)72-68(71-66)54-39-45(43-29-35-59-52(37-43)48-31-33-57-61(64(48)75-59)50-25-13-15-27-55(50)73(57)46-21-9-3-10-22-46)40-69-63(54)44-30-36-60-53(38-44)49-32-34-58-62(65(49)76-60)51-26-14-16-28-56(51)74(58)47-23-11-4-12-24-47/h1-40H. The quantitative estimate of drug-likeness (QED) is 0.159. The number of rotatable bonds is 7. The summed E-state index contributed by atoms with van der Waals surface area (Å²) in [7, 11) is 0. The monoisotopic (exact) mass is 988 g/mol. The maximum atomic E-state index is 6.86. The smallest absolute Gasteiger partial charge is 0.166 e. The van der Waals surface area contributed by atoms with Crippen molar-refractivity contribution in [2.45, 2.75) is 0 Å². The first-order valence-electron chi connectivity index (χ1n) is 25.4. The Morgan fingerprint density at radius 3 is 1.55 bits per heavy atom. The van der Waals surface area contributed by atoms with E-state index in [1.807, 2.05) is 78.2 Å². The van der Waals surface area contributed by atoms with E-state index < -0.39 is 0 Å². The van der Waals surface area contributed by atoms with E-state index in [-0.39, 0.29) is 0 Å².